The van der Waals surface area contributed by atoms with Crippen LogP contribution in [-0.4, -0.2) is 7.05 Å². The molecule has 0 amide bonds. The van der Waals surface area contributed by atoms with Crippen molar-refractivity contribution in [3.8, 4) is 0 Å². The highest BCUT2D eigenvalue weighted by molar-refractivity contribution is 14.1. The second-order valence-electron chi connectivity index (χ2n) is 4.39. The lowest BCUT2D eigenvalue weighted by atomic mass is 9.95. The van der Waals surface area contributed by atoms with Crippen molar-refractivity contribution in [2.24, 2.45) is 0 Å². The maximum atomic E-state index is 13.4. The molecule has 0 aliphatic heterocycles. The molecule has 0 radical (unpaired) electrons. The van der Waals surface area contributed by atoms with Crippen LogP contribution in [0.4, 0.5) is 8.78 Å². The van der Waals surface area contributed by atoms with Crippen molar-refractivity contribution < 1.29 is 8.78 Å². The summed E-state index contributed by atoms with van der Waals surface area (Å²) in [6, 6.07) is 9.22. The number of halogens is 3. The van der Waals surface area contributed by atoms with Crippen molar-refractivity contribution >= 4 is 22.6 Å². The van der Waals surface area contributed by atoms with Gasteiger partial charge in [0.2, 0.25) is 0 Å². The fourth-order valence-electron chi connectivity index (χ4n) is 2.14. The molecule has 0 heterocycles. The van der Waals surface area contributed by atoms with Crippen molar-refractivity contribution in [1.29, 1.82) is 0 Å². The molecule has 0 fully saturated rings. The first-order valence-electron chi connectivity index (χ1n) is 5.91. The fraction of sp³-hybridized carbons (Fsp3) is 0.200. The number of hydrogen-bond donors (Lipinski definition) is 1. The summed E-state index contributed by atoms with van der Waals surface area (Å²) >= 11 is 2.10. The van der Waals surface area contributed by atoms with Gasteiger partial charge in [-0.15, -0.1) is 0 Å². The standard InChI is InChI=1S/C15H14F2IN/c1-9-3-4-10(16)7-13(9)15(19-2)12-6-5-11(17)8-14(12)18/h3-8,15,19H,1-2H3. The third-order valence-electron chi connectivity index (χ3n) is 3.11. The SMILES string of the molecule is CNC(c1cc(F)ccc1C)c1ccc(F)cc1I. The van der Waals surface area contributed by atoms with Crippen molar-refractivity contribution in [2.45, 2.75) is 13.0 Å². The Labute approximate surface area is 125 Å². The van der Waals surface area contributed by atoms with Crippen molar-refractivity contribution in [3.63, 3.8) is 0 Å². The van der Waals surface area contributed by atoms with Crippen molar-refractivity contribution in [1.82, 2.24) is 5.32 Å². The molecule has 4 heteroatoms. The first-order chi connectivity index (χ1) is 9.02. The van der Waals surface area contributed by atoms with E-state index in [1.165, 1.54) is 24.3 Å². The van der Waals surface area contributed by atoms with E-state index >= 15 is 0 Å². The van der Waals surface area contributed by atoms with Gasteiger partial charge >= 0.3 is 0 Å². The lowest BCUT2D eigenvalue weighted by molar-refractivity contribution is 0.610. The molecule has 1 nitrogen and oxygen atoms in total. The molecule has 100 valence electrons. The molecule has 19 heavy (non-hydrogen) atoms. The van der Waals surface area contributed by atoms with Gasteiger partial charge in [0.15, 0.2) is 0 Å². The minimum absolute atomic E-state index is 0.150. The van der Waals surface area contributed by atoms with Crippen LogP contribution in [0.5, 0.6) is 0 Å². The molecular weight excluding hydrogens is 359 g/mol. The number of hydrogen-bond acceptors (Lipinski definition) is 1. The highest BCUT2D eigenvalue weighted by Gasteiger charge is 2.17. The molecule has 0 aliphatic carbocycles. The van der Waals surface area contributed by atoms with Crippen LogP contribution in [0.3, 0.4) is 0 Å². The first-order valence-corrected chi connectivity index (χ1v) is 6.99. The molecule has 0 saturated heterocycles. The van der Waals surface area contributed by atoms with Crippen LogP contribution >= 0.6 is 22.6 Å². The summed E-state index contributed by atoms with van der Waals surface area (Å²) in [5, 5.41) is 3.17. The van der Waals surface area contributed by atoms with E-state index in [0.717, 1.165) is 20.3 Å². The van der Waals surface area contributed by atoms with Crippen LogP contribution in [0.2, 0.25) is 0 Å². The van der Waals surface area contributed by atoms with E-state index in [1.54, 1.807) is 12.1 Å². The Morgan fingerprint density at radius 2 is 1.63 bits per heavy atom. The molecule has 0 aromatic heterocycles. The predicted octanol–water partition coefficient (Wildman–Crippen LogP) is 4.19. The summed E-state index contributed by atoms with van der Waals surface area (Å²) in [5.74, 6) is -0.531. The molecule has 1 unspecified atom stereocenters. The average Bonchev–Trinajstić information content (AvgIpc) is 2.36. The third-order valence-corrected chi connectivity index (χ3v) is 4.05. The monoisotopic (exact) mass is 373 g/mol. The predicted molar refractivity (Wildman–Crippen MR) is 81.2 cm³/mol. The number of benzene rings is 2. The van der Waals surface area contributed by atoms with Gasteiger partial charge in [0.1, 0.15) is 11.6 Å². The van der Waals surface area contributed by atoms with E-state index in [2.05, 4.69) is 27.9 Å². The van der Waals surface area contributed by atoms with E-state index in [-0.39, 0.29) is 17.7 Å². The van der Waals surface area contributed by atoms with Gasteiger partial charge in [-0.3, -0.25) is 0 Å². The average molecular weight is 373 g/mol. The van der Waals surface area contributed by atoms with Gasteiger partial charge in [0.05, 0.1) is 6.04 Å². The van der Waals surface area contributed by atoms with Crippen LogP contribution in [0.25, 0.3) is 0 Å². The minimum Gasteiger partial charge on any atom is -0.309 e. The van der Waals surface area contributed by atoms with Gasteiger partial charge in [0.25, 0.3) is 0 Å². The maximum absolute atomic E-state index is 13.4. The highest BCUT2D eigenvalue weighted by Crippen LogP contribution is 2.29. The van der Waals surface area contributed by atoms with Crippen LogP contribution in [0, 0.1) is 22.1 Å². The quantitative estimate of drug-likeness (QED) is 0.796. The smallest absolute Gasteiger partial charge is 0.124 e. The first kappa shape index (κ1) is 14.4. The fourth-order valence-corrected chi connectivity index (χ4v) is 2.93. The molecule has 1 N–H and O–H groups in total. The molecule has 2 aromatic rings. The van der Waals surface area contributed by atoms with Crippen LogP contribution in [0.1, 0.15) is 22.7 Å². The number of nitrogens with one attached hydrogen (secondary N) is 1. The van der Waals surface area contributed by atoms with Gasteiger partial charge in [-0.2, -0.15) is 0 Å². The minimum atomic E-state index is -0.266. The van der Waals surface area contributed by atoms with Gasteiger partial charge in [-0.1, -0.05) is 12.1 Å². The summed E-state index contributed by atoms with van der Waals surface area (Å²) in [6.45, 7) is 1.94. The van der Waals surface area contributed by atoms with Gasteiger partial charge in [-0.25, -0.2) is 8.78 Å². The lowest BCUT2D eigenvalue weighted by Crippen LogP contribution is -2.20. The molecule has 1 atom stereocenters. The van der Waals surface area contributed by atoms with E-state index < -0.39 is 0 Å². The molecule has 0 saturated carbocycles. The van der Waals surface area contributed by atoms with Crippen molar-refractivity contribution in [3.05, 3.63) is 68.3 Å². The molecular formula is C15H14F2IN. The van der Waals surface area contributed by atoms with Crippen LogP contribution in [0.15, 0.2) is 36.4 Å². The summed E-state index contributed by atoms with van der Waals surface area (Å²) in [5.41, 5.74) is 2.81. The van der Waals surface area contributed by atoms with E-state index in [4.69, 9.17) is 0 Å². The zero-order valence-electron chi connectivity index (χ0n) is 10.7. The largest absolute Gasteiger partial charge is 0.309 e. The van der Waals surface area contributed by atoms with Gasteiger partial charge < -0.3 is 5.32 Å². The summed E-state index contributed by atoms with van der Waals surface area (Å²) < 4.78 is 27.4. The molecule has 0 aliphatic rings. The van der Waals surface area contributed by atoms with Gasteiger partial charge in [0, 0.05) is 3.57 Å². The zero-order valence-corrected chi connectivity index (χ0v) is 12.8. The van der Waals surface area contributed by atoms with Crippen LogP contribution in [-0.2, 0) is 0 Å². The Morgan fingerprint density at radius 3 is 2.26 bits per heavy atom. The summed E-state index contributed by atoms with van der Waals surface area (Å²) in [4.78, 5) is 0. The normalized spacial score (nSPS) is 12.5. The van der Waals surface area contributed by atoms with E-state index in [0.29, 0.717) is 0 Å². The Kier molecular flexibility index (Phi) is 4.52. The van der Waals surface area contributed by atoms with Crippen LogP contribution < -0.4 is 5.32 Å². The summed E-state index contributed by atoms with van der Waals surface area (Å²) in [6.07, 6.45) is 0. The molecule has 2 rings (SSSR count). The number of rotatable bonds is 3. The number of aryl methyl sites for hydroxylation is 1. The van der Waals surface area contributed by atoms with Crippen molar-refractivity contribution in [2.75, 3.05) is 7.05 Å². The zero-order chi connectivity index (χ0) is 14.0. The second-order valence-corrected chi connectivity index (χ2v) is 5.55. The summed E-state index contributed by atoms with van der Waals surface area (Å²) in [7, 11) is 1.81. The lowest BCUT2D eigenvalue weighted by Gasteiger charge is -2.21. The maximum Gasteiger partial charge on any atom is 0.124 e. The van der Waals surface area contributed by atoms with Gasteiger partial charge in [-0.05, 0) is 77.5 Å². The Bertz CT molecular complexity index is 599. The molecule has 0 bridgehead atoms. The Balaban J connectivity index is 2.52. The molecule has 2 aromatic carbocycles. The van der Waals surface area contributed by atoms with E-state index in [1.807, 2.05) is 14.0 Å². The Hall–Kier alpha value is -1.01. The molecule has 0 spiro atoms. The highest BCUT2D eigenvalue weighted by atomic mass is 127. The Morgan fingerprint density at radius 1 is 1.00 bits per heavy atom. The third kappa shape index (κ3) is 3.12. The van der Waals surface area contributed by atoms with E-state index in [9.17, 15) is 8.78 Å². The second kappa shape index (κ2) is 5.96. The topological polar surface area (TPSA) is 12.0 Å².